The highest BCUT2D eigenvalue weighted by atomic mass is 32.1. The lowest BCUT2D eigenvalue weighted by Gasteiger charge is -2.31. The Morgan fingerprint density at radius 2 is 2.10 bits per heavy atom. The molecule has 3 heterocycles. The Balaban J connectivity index is 1.31. The zero-order valence-corrected chi connectivity index (χ0v) is 18.3. The number of carbonyl (C=O) groups is 1. The van der Waals surface area contributed by atoms with E-state index in [-0.39, 0.29) is 5.91 Å². The third-order valence-electron chi connectivity index (χ3n) is 5.67. The fourth-order valence-electron chi connectivity index (χ4n) is 3.93. The number of amides is 1. The Morgan fingerprint density at radius 3 is 2.97 bits per heavy atom. The molecule has 0 spiro atoms. The number of rotatable bonds is 4. The average molecular weight is 434 g/mol. The van der Waals surface area contributed by atoms with Gasteiger partial charge in [0.25, 0.3) is 5.89 Å². The predicted molar refractivity (Wildman–Crippen MR) is 120 cm³/mol. The second-order valence-electron chi connectivity index (χ2n) is 7.91. The second kappa shape index (κ2) is 8.24. The molecule has 0 saturated carbocycles. The van der Waals surface area contributed by atoms with Gasteiger partial charge in [-0.05, 0) is 41.8 Å². The number of fused-ring (bicyclic) bond motifs is 1. The third kappa shape index (κ3) is 3.98. The topological polar surface area (TPSA) is 68.5 Å². The summed E-state index contributed by atoms with van der Waals surface area (Å²) in [5.74, 6) is 1.04. The van der Waals surface area contributed by atoms with Crippen LogP contribution in [0.15, 0.2) is 52.4 Å². The minimum Gasteiger partial charge on any atom is -0.365 e. The smallest absolute Gasteiger partial charge is 0.257 e. The molecule has 1 aliphatic heterocycles. The quantitative estimate of drug-likeness (QED) is 0.466. The Morgan fingerprint density at radius 1 is 1.23 bits per heavy atom. The number of carbonyl (C=O) groups excluding carboxylic acids is 1. The Hall–Kier alpha value is -3.03. The number of hydrogen-bond acceptors (Lipinski definition) is 6. The zero-order valence-electron chi connectivity index (χ0n) is 17.5. The number of morpholine rings is 1. The molecule has 5 rings (SSSR count). The van der Waals surface area contributed by atoms with Gasteiger partial charge in [0.2, 0.25) is 11.7 Å². The number of benzene rings is 2. The first-order valence-corrected chi connectivity index (χ1v) is 11.2. The van der Waals surface area contributed by atoms with E-state index >= 15 is 0 Å². The van der Waals surface area contributed by atoms with E-state index in [0.717, 1.165) is 16.7 Å². The van der Waals surface area contributed by atoms with Crippen molar-refractivity contribution in [3.8, 4) is 11.4 Å². The van der Waals surface area contributed by atoms with Crippen molar-refractivity contribution < 1.29 is 14.1 Å². The van der Waals surface area contributed by atoms with E-state index in [0.29, 0.717) is 37.8 Å². The van der Waals surface area contributed by atoms with Gasteiger partial charge in [-0.2, -0.15) is 4.98 Å². The molecule has 1 atom stereocenters. The van der Waals surface area contributed by atoms with Crippen LogP contribution in [0.3, 0.4) is 0 Å². The van der Waals surface area contributed by atoms with Crippen LogP contribution in [0, 0.1) is 13.8 Å². The van der Waals surface area contributed by atoms with Crippen molar-refractivity contribution in [3.05, 3.63) is 70.4 Å². The molecular weight excluding hydrogens is 410 g/mol. The largest absolute Gasteiger partial charge is 0.365 e. The number of ether oxygens (including phenoxy) is 1. The van der Waals surface area contributed by atoms with Crippen molar-refractivity contribution in [2.45, 2.75) is 26.4 Å². The molecule has 0 unspecified atom stereocenters. The van der Waals surface area contributed by atoms with E-state index in [4.69, 9.17) is 9.26 Å². The van der Waals surface area contributed by atoms with Crippen LogP contribution in [0.25, 0.3) is 21.5 Å². The summed E-state index contributed by atoms with van der Waals surface area (Å²) in [6.07, 6.45) is -0.0292. The highest BCUT2D eigenvalue weighted by molar-refractivity contribution is 7.17. The van der Waals surface area contributed by atoms with Crippen LogP contribution in [0.2, 0.25) is 0 Å². The summed E-state index contributed by atoms with van der Waals surface area (Å²) in [5.41, 5.74) is 4.29. The van der Waals surface area contributed by atoms with E-state index in [1.807, 2.05) is 36.1 Å². The number of thiophene rings is 1. The number of nitrogens with zero attached hydrogens (tertiary/aromatic N) is 3. The van der Waals surface area contributed by atoms with Crippen molar-refractivity contribution in [2.75, 3.05) is 19.7 Å². The molecule has 1 amide bonds. The summed E-state index contributed by atoms with van der Waals surface area (Å²) in [6.45, 7) is 5.51. The summed E-state index contributed by atoms with van der Waals surface area (Å²) in [6, 6.07) is 14.3. The van der Waals surface area contributed by atoms with Gasteiger partial charge < -0.3 is 14.2 Å². The van der Waals surface area contributed by atoms with Crippen LogP contribution in [-0.4, -0.2) is 40.6 Å². The molecule has 2 aromatic carbocycles. The Kier molecular flexibility index (Phi) is 5.29. The van der Waals surface area contributed by atoms with Gasteiger partial charge in [-0.3, -0.25) is 4.79 Å². The molecule has 31 heavy (non-hydrogen) atoms. The predicted octanol–water partition coefficient (Wildman–Crippen LogP) is 4.71. The summed E-state index contributed by atoms with van der Waals surface area (Å²) in [4.78, 5) is 19.4. The van der Waals surface area contributed by atoms with Crippen molar-refractivity contribution in [2.24, 2.45) is 0 Å². The molecule has 4 aromatic rings. The molecule has 1 aliphatic rings. The normalized spacial score (nSPS) is 16.7. The first kappa shape index (κ1) is 19.9. The lowest BCUT2D eigenvalue weighted by Crippen LogP contribution is -2.43. The minimum absolute atomic E-state index is 0.0909. The van der Waals surface area contributed by atoms with Gasteiger partial charge in [0.15, 0.2) is 6.10 Å². The molecule has 0 N–H and O–H groups in total. The van der Waals surface area contributed by atoms with Crippen LogP contribution in [0.1, 0.15) is 28.7 Å². The van der Waals surface area contributed by atoms with Crippen molar-refractivity contribution in [1.29, 1.82) is 0 Å². The maximum absolute atomic E-state index is 13.1. The molecule has 0 aliphatic carbocycles. The molecule has 1 saturated heterocycles. The van der Waals surface area contributed by atoms with Crippen molar-refractivity contribution in [3.63, 3.8) is 0 Å². The second-order valence-corrected chi connectivity index (χ2v) is 8.82. The van der Waals surface area contributed by atoms with Crippen LogP contribution in [-0.2, 0) is 16.0 Å². The lowest BCUT2D eigenvalue weighted by molar-refractivity contribution is -0.139. The molecule has 158 valence electrons. The first-order chi connectivity index (χ1) is 15.1. The molecule has 0 bridgehead atoms. The minimum atomic E-state index is -0.413. The molecule has 2 aromatic heterocycles. The molecule has 6 nitrogen and oxygen atoms in total. The molecular formula is C24H23N3O3S. The van der Waals surface area contributed by atoms with Crippen LogP contribution in [0.5, 0.6) is 0 Å². The first-order valence-electron chi connectivity index (χ1n) is 10.3. The summed E-state index contributed by atoms with van der Waals surface area (Å²) < 4.78 is 12.6. The number of aryl methyl sites for hydroxylation is 2. The standard InChI is InChI=1S/C24H23N3O3S/c1-15-7-8-21-19(11-15)17(14-31-21)12-22(28)27-9-10-29-20(13-27)24-25-23(26-30-24)18-6-4-3-5-16(18)2/h3-8,11,14,20H,9-10,12-13H2,1-2H3/t20-/m0/s1. The van der Waals surface area contributed by atoms with E-state index in [1.54, 1.807) is 11.3 Å². The highest BCUT2D eigenvalue weighted by Gasteiger charge is 2.30. The van der Waals surface area contributed by atoms with Gasteiger partial charge in [0, 0.05) is 16.8 Å². The van der Waals surface area contributed by atoms with Crippen LogP contribution >= 0.6 is 11.3 Å². The van der Waals surface area contributed by atoms with Gasteiger partial charge >= 0.3 is 0 Å². The molecule has 1 fully saturated rings. The lowest BCUT2D eigenvalue weighted by atomic mass is 10.1. The monoisotopic (exact) mass is 433 g/mol. The van der Waals surface area contributed by atoms with E-state index < -0.39 is 6.10 Å². The molecule has 7 heteroatoms. The van der Waals surface area contributed by atoms with Gasteiger partial charge in [0.05, 0.1) is 19.6 Å². The van der Waals surface area contributed by atoms with Crippen LogP contribution in [0.4, 0.5) is 0 Å². The maximum atomic E-state index is 13.1. The zero-order chi connectivity index (χ0) is 21.4. The highest BCUT2D eigenvalue weighted by Crippen LogP contribution is 2.29. The van der Waals surface area contributed by atoms with Crippen molar-refractivity contribution >= 4 is 27.3 Å². The van der Waals surface area contributed by atoms with E-state index in [2.05, 4.69) is 40.6 Å². The SMILES string of the molecule is Cc1ccc2scc(CC(=O)N3CCO[C@H](c4nc(-c5ccccc5C)no4)C3)c2c1. The van der Waals surface area contributed by atoms with E-state index in [9.17, 15) is 4.79 Å². The van der Waals surface area contributed by atoms with Gasteiger partial charge in [-0.1, -0.05) is 47.1 Å². The van der Waals surface area contributed by atoms with Gasteiger partial charge in [0.1, 0.15) is 0 Å². The number of hydrogen-bond donors (Lipinski definition) is 0. The summed E-state index contributed by atoms with van der Waals surface area (Å²) in [7, 11) is 0. The summed E-state index contributed by atoms with van der Waals surface area (Å²) >= 11 is 1.68. The maximum Gasteiger partial charge on any atom is 0.257 e. The fraction of sp³-hybridized carbons (Fsp3) is 0.292. The van der Waals surface area contributed by atoms with Gasteiger partial charge in [-0.15, -0.1) is 11.3 Å². The Bertz CT molecular complexity index is 1250. The van der Waals surface area contributed by atoms with E-state index in [1.165, 1.54) is 15.6 Å². The third-order valence-corrected chi connectivity index (χ3v) is 6.69. The average Bonchev–Trinajstić information content (AvgIpc) is 3.42. The number of aromatic nitrogens is 2. The van der Waals surface area contributed by atoms with Crippen LogP contribution < -0.4 is 0 Å². The summed E-state index contributed by atoms with van der Waals surface area (Å²) in [5, 5.41) is 7.39. The van der Waals surface area contributed by atoms with Crippen molar-refractivity contribution in [1.82, 2.24) is 15.0 Å². The fourth-order valence-corrected chi connectivity index (χ4v) is 4.87. The molecule has 0 radical (unpaired) electrons. The Labute approximate surface area is 184 Å². The van der Waals surface area contributed by atoms with Gasteiger partial charge in [-0.25, -0.2) is 0 Å².